The number of hydrogen-bond donors (Lipinski definition) is 1. The molecule has 0 unspecified atom stereocenters. The van der Waals surface area contributed by atoms with Crippen molar-refractivity contribution in [2.45, 2.75) is 18.6 Å². The molecule has 0 aromatic heterocycles. The molecule has 0 saturated carbocycles. The smallest absolute Gasteiger partial charge is 0.339 e. The first kappa shape index (κ1) is 17.2. The second-order valence-electron chi connectivity index (χ2n) is 6.45. The van der Waals surface area contributed by atoms with E-state index in [9.17, 15) is 19.5 Å². The number of nitrogens with zero attached hydrogens (tertiary/aromatic N) is 1. The molecule has 1 aromatic rings. The van der Waals surface area contributed by atoms with E-state index in [2.05, 4.69) is 0 Å². The summed E-state index contributed by atoms with van der Waals surface area (Å²) in [5.74, 6) is -2.96. The minimum atomic E-state index is -1.16. The number of aliphatic hydroxyl groups excluding tert-OH is 1. The van der Waals surface area contributed by atoms with Crippen LogP contribution in [0.25, 0.3) is 0 Å². The van der Waals surface area contributed by atoms with Crippen LogP contribution in [0, 0.1) is 11.8 Å². The number of ether oxygens (including phenoxy) is 2. The van der Waals surface area contributed by atoms with Crippen LogP contribution in [0.5, 0.6) is 0 Å². The Morgan fingerprint density at radius 2 is 2.15 bits per heavy atom. The number of carbonyl (C=O) groups is 3. The monoisotopic (exact) mass is 377 g/mol. The van der Waals surface area contributed by atoms with Crippen molar-refractivity contribution >= 4 is 35.1 Å². The fraction of sp³-hybridized carbons (Fsp3) is 0.389. The van der Waals surface area contributed by atoms with Crippen LogP contribution in [-0.4, -0.2) is 47.8 Å². The van der Waals surface area contributed by atoms with Crippen molar-refractivity contribution in [3.8, 4) is 0 Å². The first-order chi connectivity index (χ1) is 12.4. The summed E-state index contributed by atoms with van der Waals surface area (Å²) in [5, 5.41) is 9.90. The summed E-state index contributed by atoms with van der Waals surface area (Å²) in [6.07, 6.45) is 2.82. The number of esters is 1. The number of halogens is 1. The average molecular weight is 378 g/mol. The fourth-order valence-electron chi connectivity index (χ4n) is 3.96. The van der Waals surface area contributed by atoms with Gasteiger partial charge in [-0.25, -0.2) is 9.69 Å². The second-order valence-corrected chi connectivity index (χ2v) is 6.86. The van der Waals surface area contributed by atoms with E-state index < -0.39 is 41.3 Å². The molecule has 4 atom stereocenters. The normalized spacial score (nSPS) is 31.7. The molecular weight excluding hydrogens is 362 g/mol. The van der Waals surface area contributed by atoms with Gasteiger partial charge in [0.15, 0.2) is 0 Å². The van der Waals surface area contributed by atoms with Crippen LogP contribution < -0.4 is 4.90 Å². The number of aliphatic hydroxyl groups is 1. The Kier molecular flexibility index (Phi) is 3.91. The zero-order valence-corrected chi connectivity index (χ0v) is 14.6. The van der Waals surface area contributed by atoms with Crippen molar-refractivity contribution in [2.75, 3.05) is 18.1 Å². The summed E-state index contributed by atoms with van der Waals surface area (Å²) in [5.41, 5.74) is -0.833. The Bertz CT molecular complexity index is 852. The minimum absolute atomic E-state index is 0.0814. The maximum Gasteiger partial charge on any atom is 0.339 e. The minimum Gasteiger partial charge on any atom is -0.462 e. The lowest BCUT2D eigenvalue weighted by Gasteiger charge is -2.26. The number of rotatable bonds is 4. The van der Waals surface area contributed by atoms with Gasteiger partial charge in [0.2, 0.25) is 11.8 Å². The lowest BCUT2D eigenvalue weighted by molar-refractivity contribution is -0.128. The van der Waals surface area contributed by atoms with Crippen molar-refractivity contribution in [3.05, 3.63) is 40.9 Å². The highest BCUT2D eigenvalue weighted by atomic mass is 35.5. The Morgan fingerprint density at radius 1 is 1.38 bits per heavy atom. The molecule has 3 aliphatic rings. The number of benzene rings is 1. The van der Waals surface area contributed by atoms with Crippen LogP contribution in [0.2, 0.25) is 5.02 Å². The first-order valence-corrected chi connectivity index (χ1v) is 8.64. The maximum atomic E-state index is 13.0. The number of fused-ring (bicyclic) bond motifs is 5. The molecule has 0 spiro atoms. The molecule has 0 aliphatic carbocycles. The van der Waals surface area contributed by atoms with Gasteiger partial charge in [0, 0.05) is 0 Å². The van der Waals surface area contributed by atoms with Crippen LogP contribution >= 0.6 is 11.6 Å². The van der Waals surface area contributed by atoms with Crippen LogP contribution in [0.15, 0.2) is 30.4 Å². The van der Waals surface area contributed by atoms with Crippen LogP contribution in [0.1, 0.15) is 17.3 Å². The van der Waals surface area contributed by atoms with E-state index in [0.29, 0.717) is 0 Å². The second kappa shape index (κ2) is 5.90. The molecule has 2 fully saturated rings. The summed E-state index contributed by atoms with van der Waals surface area (Å²) < 4.78 is 10.6. The van der Waals surface area contributed by atoms with E-state index in [0.717, 1.165) is 4.90 Å². The predicted octanol–water partition coefficient (Wildman–Crippen LogP) is 1.32. The predicted molar refractivity (Wildman–Crippen MR) is 90.7 cm³/mol. The number of carbonyl (C=O) groups excluding carboxylic acids is 3. The topological polar surface area (TPSA) is 93.1 Å². The Labute approximate surface area is 154 Å². The molecule has 2 amide bonds. The lowest BCUT2D eigenvalue weighted by atomic mass is 9.77. The van der Waals surface area contributed by atoms with Gasteiger partial charge in [-0.15, -0.1) is 0 Å². The third-order valence-electron chi connectivity index (χ3n) is 5.11. The Morgan fingerprint density at radius 3 is 2.85 bits per heavy atom. The first-order valence-electron chi connectivity index (χ1n) is 8.26. The molecule has 3 aliphatic heterocycles. The third kappa shape index (κ3) is 2.17. The van der Waals surface area contributed by atoms with Gasteiger partial charge < -0.3 is 14.6 Å². The molecule has 136 valence electrons. The SMILES string of the molecule is CCOC(=O)c1cc(N2C(=O)[C@@H]3[C@@H](C2=O)[C@@]2(CO)C=C[C@H]3O2)ccc1Cl. The lowest BCUT2D eigenvalue weighted by Crippen LogP contribution is -2.43. The summed E-state index contributed by atoms with van der Waals surface area (Å²) in [6.45, 7) is 1.46. The number of amides is 2. The third-order valence-corrected chi connectivity index (χ3v) is 5.44. The van der Waals surface area contributed by atoms with Crippen LogP contribution in [-0.2, 0) is 19.1 Å². The number of anilines is 1. The molecular formula is C18H16ClNO6. The van der Waals surface area contributed by atoms with Gasteiger partial charge in [-0.2, -0.15) is 0 Å². The fourth-order valence-corrected chi connectivity index (χ4v) is 4.15. The van der Waals surface area contributed by atoms with Crippen LogP contribution in [0.3, 0.4) is 0 Å². The molecule has 2 bridgehead atoms. The van der Waals surface area contributed by atoms with Crippen molar-refractivity contribution < 1.29 is 29.0 Å². The molecule has 1 N–H and O–H groups in total. The van der Waals surface area contributed by atoms with Gasteiger partial charge in [0.1, 0.15) is 5.60 Å². The summed E-state index contributed by atoms with van der Waals surface area (Å²) >= 11 is 6.05. The molecule has 4 rings (SSSR count). The van der Waals surface area contributed by atoms with Gasteiger partial charge >= 0.3 is 5.97 Å². The zero-order chi connectivity index (χ0) is 18.6. The van der Waals surface area contributed by atoms with E-state index >= 15 is 0 Å². The zero-order valence-electron chi connectivity index (χ0n) is 13.8. The quantitative estimate of drug-likeness (QED) is 0.483. The summed E-state index contributed by atoms with van der Waals surface area (Å²) in [6, 6.07) is 4.33. The van der Waals surface area contributed by atoms with E-state index in [-0.39, 0.29) is 29.5 Å². The molecule has 0 radical (unpaired) electrons. The van der Waals surface area contributed by atoms with Crippen molar-refractivity contribution in [2.24, 2.45) is 11.8 Å². The molecule has 1 aromatic carbocycles. The standard InChI is InChI=1S/C18H16ClNO6/c1-2-25-17(24)10-7-9(3-4-11(10)19)20-15(22)13-12-5-6-18(8-21,26-12)14(13)16(20)23/h3-7,12-14,21H,2,8H2,1H3/t12-,13+,14+,18+/m1/s1. The van der Waals surface area contributed by atoms with E-state index in [1.165, 1.54) is 18.2 Å². The van der Waals surface area contributed by atoms with Crippen molar-refractivity contribution in [1.29, 1.82) is 0 Å². The van der Waals surface area contributed by atoms with Crippen LogP contribution in [0.4, 0.5) is 5.69 Å². The maximum absolute atomic E-state index is 13.0. The molecule has 2 saturated heterocycles. The van der Waals surface area contributed by atoms with Crippen molar-refractivity contribution in [3.63, 3.8) is 0 Å². The molecule has 3 heterocycles. The van der Waals surface area contributed by atoms with E-state index in [1.807, 2.05) is 0 Å². The van der Waals surface area contributed by atoms with Crippen molar-refractivity contribution in [1.82, 2.24) is 0 Å². The van der Waals surface area contributed by atoms with E-state index in [4.69, 9.17) is 21.1 Å². The highest BCUT2D eigenvalue weighted by Gasteiger charge is 2.67. The van der Waals surface area contributed by atoms with Gasteiger partial charge in [-0.3, -0.25) is 9.59 Å². The van der Waals surface area contributed by atoms with Gasteiger partial charge in [-0.05, 0) is 25.1 Å². The Balaban J connectivity index is 1.72. The largest absolute Gasteiger partial charge is 0.462 e. The highest BCUT2D eigenvalue weighted by Crippen LogP contribution is 2.52. The molecule has 26 heavy (non-hydrogen) atoms. The summed E-state index contributed by atoms with van der Waals surface area (Å²) in [4.78, 5) is 39.0. The average Bonchev–Trinajstić information content (AvgIpc) is 3.27. The Hall–Kier alpha value is -2.22. The molecule has 7 nitrogen and oxygen atoms in total. The van der Waals surface area contributed by atoms with Gasteiger partial charge in [-0.1, -0.05) is 23.8 Å². The molecule has 8 heteroatoms. The van der Waals surface area contributed by atoms with E-state index in [1.54, 1.807) is 19.1 Å². The number of hydrogen-bond acceptors (Lipinski definition) is 6. The van der Waals surface area contributed by atoms with Gasteiger partial charge in [0.05, 0.1) is 47.4 Å². The highest BCUT2D eigenvalue weighted by molar-refractivity contribution is 6.34. The van der Waals surface area contributed by atoms with Gasteiger partial charge in [0.25, 0.3) is 0 Å². The number of imide groups is 1. The summed E-state index contributed by atoms with van der Waals surface area (Å²) in [7, 11) is 0.